The quantitative estimate of drug-likeness (QED) is 0.879. The summed E-state index contributed by atoms with van der Waals surface area (Å²) >= 11 is 0. The Bertz CT molecular complexity index is 774. The monoisotopic (exact) mass is 335 g/mol. The van der Waals surface area contributed by atoms with Gasteiger partial charge in [0, 0.05) is 23.0 Å². The van der Waals surface area contributed by atoms with Crippen LogP contribution < -0.4 is 4.72 Å². The number of likely N-dealkylation sites (tertiary alicyclic amines) is 1. The predicted molar refractivity (Wildman–Crippen MR) is 94.3 cm³/mol. The van der Waals surface area contributed by atoms with Gasteiger partial charge in [-0.15, -0.1) is 0 Å². The molecule has 3 rings (SSSR count). The summed E-state index contributed by atoms with van der Waals surface area (Å²) in [6, 6.07) is 8.30. The van der Waals surface area contributed by atoms with Crippen molar-refractivity contribution in [1.82, 2.24) is 14.6 Å². The molecule has 0 unspecified atom stereocenters. The topological polar surface area (TPSA) is 65.2 Å². The second kappa shape index (κ2) is 6.63. The molecule has 0 bridgehead atoms. The van der Waals surface area contributed by atoms with E-state index < -0.39 is 10.0 Å². The number of fused-ring (bicyclic) bond motifs is 1. The number of piperidine rings is 1. The fraction of sp³-hybridized carbons (Fsp3) is 0.529. The lowest BCUT2D eigenvalue weighted by atomic mass is 9.87. The molecule has 1 fully saturated rings. The Hall–Kier alpha value is -1.37. The largest absolute Gasteiger partial charge is 0.358 e. The van der Waals surface area contributed by atoms with E-state index in [-0.39, 0.29) is 5.75 Å². The summed E-state index contributed by atoms with van der Waals surface area (Å²) in [4.78, 5) is 5.82. The van der Waals surface area contributed by atoms with Crippen LogP contribution in [0.4, 0.5) is 0 Å². The summed E-state index contributed by atoms with van der Waals surface area (Å²) < 4.78 is 26.0. The van der Waals surface area contributed by atoms with Crippen molar-refractivity contribution in [2.45, 2.75) is 25.2 Å². The average Bonchev–Trinajstić information content (AvgIpc) is 2.92. The molecule has 5 nitrogen and oxygen atoms in total. The molecule has 1 saturated heterocycles. The van der Waals surface area contributed by atoms with E-state index in [0.29, 0.717) is 12.3 Å². The third-order valence-electron chi connectivity index (χ3n) is 4.89. The van der Waals surface area contributed by atoms with Crippen molar-refractivity contribution < 1.29 is 8.42 Å². The first-order valence-corrected chi connectivity index (χ1v) is 9.84. The lowest BCUT2D eigenvalue weighted by molar-refractivity contribution is 0.255. The van der Waals surface area contributed by atoms with Gasteiger partial charge in [0.2, 0.25) is 10.0 Å². The van der Waals surface area contributed by atoms with Gasteiger partial charge in [-0.1, -0.05) is 18.2 Å². The van der Waals surface area contributed by atoms with Gasteiger partial charge in [-0.05, 0) is 57.6 Å². The Balaban J connectivity index is 1.94. The zero-order valence-electron chi connectivity index (χ0n) is 13.8. The van der Waals surface area contributed by atoms with Crippen LogP contribution in [-0.2, 0) is 16.4 Å². The summed E-state index contributed by atoms with van der Waals surface area (Å²) in [5.74, 6) is 0.630. The highest BCUT2D eigenvalue weighted by molar-refractivity contribution is 7.89. The second-order valence-corrected chi connectivity index (χ2v) is 8.46. The van der Waals surface area contributed by atoms with Crippen LogP contribution in [-0.4, -0.2) is 51.2 Å². The molecule has 1 aliphatic rings. The Labute approximate surface area is 138 Å². The van der Waals surface area contributed by atoms with E-state index in [4.69, 9.17) is 0 Å². The fourth-order valence-electron chi connectivity index (χ4n) is 3.52. The molecule has 0 saturated carbocycles. The van der Waals surface area contributed by atoms with Crippen molar-refractivity contribution in [3.8, 4) is 0 Å². The Morgan fingerprint density at radius 1 is 1.26 bits per heavy atom. The molecule has 2 heterocycles. The first-order valence-electron chi connectivity index (χ1n) is 8.19. The Morgan fingerprint density at radius 2 is 1.96 bits per heavy atom. The van der Waals surface area contributed by atoms with Gasteiger partial charge in [-0.25, -0.2) is 13.1 Å². The first-order chi connectivity index (χ1) is 11.0. The van der Waals surface area contributed by atoms with Gasteiger partial charge >= 0.3 is 0 Å². The molecule has 0 amide bonds. The molecule has 1 aliphatic heterocycles. The smallest absolute Gasteiger partial charge is 0.211 e. The highest BCUT2D eigenvalue weighted by Crippen LogP contribution is 2.35. The van der Waals surface area contributed by atoms with Crippen LogP contribution in [0.1, 0.15) is 30.0 Å². The summed E-state index contributed by atoms with van der Waals surface area (Å²) in [7, 11) is 0.440. The molecule has 2 N–H and O–H groups in total. The molecule has 23 heavy (non-hydrogen) atoms. The van der Waals surface area contributed by atoms with E-state index in [1.165, 1.54) is 18.0 Å². The summed E-state index contributed by atoms with van der Waals surface area (Å²) in [6.45, 7) is 2.19. The number of aryl methyl sites for hydroxylation is 1. The lowest BCUT2D eigenvalue weighted by Gasteiger charge is -2.29. The number of nitrogens with one attached hydrogen (secondary N) is 2. The molecule has 0 atom stereocenters. The van der Waals surface area contributed by atoms with E-state index in [9.17, 15) is 8.42 Å². The molecule has 6 heteroatoms. The van der Waals surface area contributed by atoms with Gasteiger partial charge < -0.3 is 9.88 Å². The number of hydrogen-bond donors (Lipinski definition) is 2. The number of hydrogen-bond acceptors (Lipinski definition) is 3. The minimum atomic E-state index is -3.19. The predicted octanol–water partition coefficient (Wildman–Crippen LogP) is 2.07. The van der Waals surface area contributed by atoms with E-state index >= 15 is 0 Å². The summed E-state index contributed by atoms with van der Waals surface area (Å²) in [6.07, 6.45) is 2.79. The van der Waals surface area contributed by atoms with Crippen LogP contribution in [0.25, 0.3) is 10.9 Å². The molecule has 0 radical (unpaired) electrons. The SMILES string of the molecule is CNS(=O)(=O)CCc1[nH]c2ccccc2c1C1CCN(C)CC1. The molecule has 0 aliphatic carbocycles. The molecule has 0 spiro atoms. The van der Waals surface area contributed by atoms with Gasteiger partial charge in [-0.3, -0.25) is 0 Å². The third kappa shape index (κ3) is 3.59. The number of rotatable bonds is 5. The number of benzene rings is 1. The van der Waals surface area contributed by atoms with Crippen LogP contribution in [0, 0.1) is 0 Å². The van der Waals surface area contributed by atoms with Crippen LogP contribution in [0.15, 0.2) is 24.3 Å². The number of aromatic nitrogens is 1. The zero-order valence-corrected chi connectivity index (χ0v) is 14.6. The summed E-state index contributed by atoms with van der Waals surface area (Å²) in [5.41, 5.74) is 3.53. The van der Waals surface area contributed by atoms with Crippen LogP contribution in [0.5, 0.6) is 0 Å². The van der Waals surface area contributed by atoms with Crippen molar-refractivity contribution >= 4 is 20.9 Å². The van der Waals surface area contributed by atoms with Crippen molar-refractivity contribution in [3.05, 3.63) is 35.5 Å². The zero-order chi connectivity index (χ0) is 16.4. The first kappa shape index (κ1) is 16.5. The van der Waals surface area contributed by atoms with E-state index in [2.05, 4.69) is 39.9 Å². The minimum absolute atomic E-state index is 0.121. The molecule has 1 aromatic carbocycles. The number of H-pyrrole nitrogens is 1. The maximum absolute atomic E-state index is 11.8. The molecule has 126 valence electrons. The van der Waals surface area contributed by atoms with Gasteiger partial charge in [-0.2, -0.15) is 0 Å². The van der Waals surface area contributed by atoms with E-state index in [1.54, 1.807) is 0 Å². The van der Waals surface area contributed by atoms with Crippen molar-refractivity contribution in [3.63, 3.8) is 0 Å². The third-order valence-corrected chi connectivity index (χ3v) is 6.25. The minimum Gasteiger partial charge on any atom is -0.358 e. The molecule has 1 aromatic heterocycles. The van der Waals surface area contributed by atoms with E-state index in [1.807, 2.05) is 6.07 Å². The fourth-order valence-corrected chi connectivity index (χ4v) is 4.20. The van der Waals surface area contributed by atoms with Crippen LogP contribution in [0.3, 0.4) is 0 Å². The van der Waals surface area contributed by atoms with Gasteiger partial charge in [0.25, 0.3) is 0 Å². The van der Waals surface area contributed by atoms with Gasteiger partial charge in [0.1, 0.15) is 0 Å². The van der Waals surface area contributed by atoms with Crippen LogP contribution in [0.2, 0.25) is 0 Å². The Morgan fingerprint density at radius 3 is 2.65 bits per heavy atom. The highest BCUT2D eigenvalue weighted by atomic mass is 32.2. The number of sulfonamides is 1. The standard InChI is InChI=1S/C17H25N3O2S/c1-18-23(21,22)12-9-16-17(13-7-10-20(2)11-8-13)14-5-3-4-6-15(14)19-16/h3-6,13,18-19H,7-12H2,1-2H3. The number of nitrogens with zero attached hydrogens (tertiary/aromatic N) is 1. The maximum atomic E-state index is 11.8. The van der Waals surface area contributed by atoms with Crippen LogP contribution >= 0.6 is 0 Å². The van der Waals surface area contributed by atoms with Gasteiger partial charge in [0.15, 0.2) is 0 Å². The maximum Gasteiger partial charge on any atom is 0.211 e. The lowest BCUT2D eigenvalue weighted by Crippen LogP contribution is -2.29. The normalized spacial score (nSPS) is 17.8. The van der Waals surface area contributed by atoms with E-state index in [0.717, 1.165) is 37.1 Å². The van der Waals surface area contributed by atoms with Crippen molar-refractivity contribution in [2.75, 3.05) is 32.9 Å². The second-order valence-electron chi connectivity index (χ2n) is 6.41. The average molecular weight is 335 g/mol. The van der Waals surface area contributed by atoms with Gasteiger partial charge in [0.05, 0.1) is 5.75 Å². The summed E-state index contributed by atoms with van der Waals surface area (Å²) in [5, 5.41) is 1.25. The number of para-hydroxylation sites is 1. The highest BCUT2D eigenvalue weighted by Gasteiger charge is 2.24. The molecular weight excluding hydrogens is 310 g/mol. The van der Waals surface area contributed by atoms with Crippen molar-refractivity contribution in [2.24, 2.45) is 0 Å². The number of aromatic amines is 1. The molecule has 2 aromatic rings. The van der Waals surface area contributed by atoms with Crippen molar-refractivity contribution in [1.29, 1.82) is 0 Å². The Kier molecular flexibility index (Phi) is 4.75. The molecular formula is C17H25N3O2S.